The predicted octanol–water partition coefficient (Wildman–Crippen LogP) is 3.47. The Kier molecular flexibility index (Phi) is 3.68. The van der Waals surface area contributed by atoms with Gasteiger partial charge >= 0.3 is 6.09 Å². The van der Waals surface area contributed by atoms with Crippen LogP contribution in [0, 0.1) is 0 Å². The number of carbonyl (C=O) groups is 2. The summed E-state index contributed by atoms with van der Waals surface area (Å²) < 4.78 is 25.5. The Hall–Kier alpha value is -3.08. The molecule has 3 rings (SSSR count). The third-order valence-electron chi connectivity index (χ3n) is 3.08. The van der Waals surface area contributed by atoms with E-state index in [1.165, 1.54) is 6.08 Å². The molecule has 5 heteroatoms. The number of cyclic esters (lactones) is 1. The third kappa shape index (κ3) is 3.77. The maximum absolute atomic E-state index is 12.1. The van der Waals surface area contributed by atoms with Gasteiger partial charge in [0.15, 0.2) is 0 Å². The van der Waals surface area contributed by atoms with E-state index in [9.17, 15) is 9.59 Å². The summed E-state index contributed by atoms with van der Waals surface area (Å²) in [4.78, 5) is 24.0. The van der Waals surface area contributed by atoms with Crippen LogP contribution in [0.1, 0.15) is 8.30 Å². The first-order chi connectivity index (χ1) is 12.0. The molecular weight excluding hydrogens is 294 g/mol. The third-order valence-corrected chi connectivity index (χ3v) is 3.08. The fraction of sp³-hybridized carbons (Fsp3) is 0.111. The van der Waals surface area contributed by atoms with Gasteiger partial charge in [0, 0.05) is 6.08 Å². The van der Waals surface area contributed by atoms with Gasteiger partial charge in [0.2, 0.25) is 0 Å². The molecule has 116 valence electrons. The van der Waals surface area contributed by atoms with Crippen molar-refractivity contribution in [2.24, 2.45) is 0 Å². The number of benzene rings is 2. The molecule has 1 heterocycles. The second kappa shape index (κ2) is 6.79. The van der Waals surface area contributed by atoms with Crippen LogP contribution in [0.3, 0.4) is 0 Å². The lowest BCUT2D eigenvalue weighted by Crippen LogP contribution is -2.29. The van der Waals surface area contributed by atoms with E-state index in [-0.39, 0.29) is 0 Å². The first-order valence-electron chi connectivity index (χ1n) is 7.98. The Bertz CT molecular complexity index is 821. The molecule has 2 aromatic rings. The molecule has 2 amide bonds. The van der Waals surface area contributed by atoms with Crippen molar-refractivity contribution >= 4 is 18.1 Å². The van der Waals surface area contributed by atoms with Crippen LogP contribution in [0.5, 0.6) is 11.5 Å². The summed E-state index contributed by atoms with van der Waals surface area (Å²) in [7, 11) is 0. The van der Waals surface area contributed by atoms with Crippen LogP contribution in [0.2, 0.25) is 0 Å². The van der Waals surface area contributed by atoms with Crippen LogP contribution in [-0.2, 0) is 9.53 Å². The van der Waals surface area contributed by atoms with Gasteiger partial charge in [-0.25, -0.2) is 9.69 Å². The number of imide groups is 1. The van der Waals surface area contributed by atoms with E-state index in [0.29, 0.717) is 22.0 Å². The Morgan fingerprint density at radius 3 is 2.70 bits per heavy atom. The summed E-state index contributed by atoms with van der Waals surface area (Å²) in [5.41, 5.74) is 0.676. The molecule has 0 bridgehead atoms. The van der Waals surface area contributed by atoms with Gasteiger partial charge in [0.05, 0.1) is 9.24 Å². The quantitative estimate of drug-likeness (QED) is 0.811. The van der Waals surface area contributed by atoms with Gasteiger partial charge in [0.1, 0.15) is 18.1 Å². The average Bonchev–Trinajstić information content (AvgIpc) is 2.87. The lowest BCUT2D eigenvalue weighted by Gasteiger charge is -2.07. The molecule has 0 unspecified atom stereocenters. The molecule has 1 aliphatic heterocycles. The highest BCUT2D eigenvalue weighted by atomic mass is 16.6. The lowest BCUT2D eigenvalue weighted by atomic mass is 10.2. The monoisotopic (exact) mass is 311 g/mol. The number of nitrogens with zero attached hydrogens (tertiary/aromatic N) is 1. The second-order valence-electron chi connectivity index (χ2n) is 4.71. The molecule has 0 N–H and O–H groups in total. The Morgan fingerprint density at radius 1 is 1.17 bits per heavy atom. The standard InChI is InChI=1S/C18H15NO4/c20-17(19-11-12-22-18(19)21)10-9-14-5-4-8-16(13-14)23-15-6-2-1-3-7-15/h1-10,13H,11-12H2/i11D2. The highest BCUT2D eigenvalue weighted by Crippen LogP contribution is 2.22. The van der Waals surface area contributed by atoms with Crippen LogP contribution in [0.4, 0.5) is 4.79 Å². The molecule has 23 heavy (non-hydrogen) atoms. The molecule has 0 radical (unpaired) electrons. The van der Waals surface area contributed by atoms with Gasteiger partial charge in [-0.15, -0.1) is 0 Å². The largest absolute Gasteiger partial charge is 0.457 e. The molecule has 5 nitrogen and oxygen atoms in total. The van der Waals surface area contributed by atoms with Crippen molar-refractivity contribution in [1.29, 1.82) is 0 Å². The minimum Gasteiger partial charge on any atom is -0.457 e. The molecule has 0 atom stereocenters. The number of ether oxygens (including phenoxy) is 2. The van der Waals surface area contributed by atoms with E-state index in [2.05, 4.69) is 4.74 Å². The van der Waals surface area contributed by atoms with Crippen molar-refractivity contribution in [2.75, 3.05) is 13.1 Å². The number of rotatable bonds is 4. The molecule has 0 saturated carbocycles. The van der Waals surface area contributed by atoms with E-state index in [0.717, 1.165) is 6.08 Å². The van der Waals surface area contributed by atoms with Crippen molar-refractivity contribution < 1.29 is 21.8 Å². The second-order valence-corrected chi connectivity index (χ2v) is 4.71. The van der Waals surface area contributed by atoms with Gasteiger partial charge in [-0.3, -0.25) is 4.79 Å². The SMILES string of the molecule is [2H]C1([2H])COC(=O)N1C(=O)C=Cc1cccc(Oc2ccccc2)c1. The number of hydrogen-bond donors (Lipinski definition) is 0. The lowest BCUT2D eigenvalue weighted by molar-refractivity contribution is -0.122. The van der Waals surface area contributed by atoms with E-state index in [1.807, 2.05) is 30.3 Å². The van der Waals surface area contributed by atoms with E-state index in [4.69, 9.17) is 7.48 Å². The van der Waals surface area contributed by atoms with Gasteiger partial charge < -0.3 is 9.47 Å². The number of hydrogen-bond acceptors (Lipinski definition) is 4. The Balaban J connectivity index is 1.72. The zero-order chi connectivity index (χ0) is 17.9. The van der Waals surface area contributed by atoms with Crippen LogP contribution < -0.4 is 4.74 Å². The van der Waals surface area contributed by atoms with Gasteiger partial charge in [-0.05, 0) is 35.9 Å². The van der Waals surface area contributed by atoms with E-state index < -0.39 is 25.1 Å². The predicted molar refractivity (Wildman–Crippen MR) is 85.1 cm³/mol. The van der Waals surface area contributed by atoms with Gasteiger partial charge in [-0.2, -0.15) is 0 Å². The maximum atomic E-state index is 12.1. The minimum atomic E-state index is -2.14. The van der Waals surface area contributed by atoms with E-state index in [1.54, 1.807) is 24.3 Å². The molecule has 1 fully saturated rings. The highest BCUT2D eigenvalue weighted by Gasteiger charge is 2.26. The zero-order valence-electron chi connectivity index (χ0n) is 14.1. The summed E-state index contributed by atoms with van der Waals surface area (Å²) >= 11 is 0. The molecular formula is C18H15NO4. The normalized spacial score (nSPS) is 17.6. The van der Waals surface area contributed by atoms with Crippen molar-refractivity contribution in [1.82, 2.24) is 4.90 Å². The highest BCUT2D eigenvalue weighted by molar-refractivity contribution is 6.01. The smallest absolute Gasteiger partial charge is 0.416 e. The Labute approximate surface area is 136 Å². The summed E-state index contributed by atoms with van der Waals surface area (Å²) in [5.74, 6) is 0.506. The molecule has 2 aromatic carbocycles. The number of amides is 2. The molecule has 1 aliphatic rings. The number of para-hydroxylation sites is 1. The van der Waals surface area contributed by atoms with Crippen molar-refractivity contribution in [3.05, 3.63) is 66.2 Å². The van der Waals surface area contributed by atoms with Crippen molar-refractivity contribution in [2.45, 2.75) is 0 Å². The van der Waals surface area contributed by atoms with Crippen LogP contribution >= 0.6 is 0 Å². The Morgan fingerprint density at radius 2 is 1.96 bits per heavy atom. The summed E-state index contributed by atoms with van der Waals surface area (Å²) in [5, 5.41) is 0. The van der Waals surface area contributed by atoms with Crippen LogP contribution in [-0.4, -0.2) is 30.0 Å². The summed E-state index contributed by atoms with van der Waals surface area (Å²) in [6, 6.07) is 16.3. The topological polar surface area (TPSA) is 55.8 Å². The molecule has 0 aromatic heterocycles. The molecule has 1 saturated heterocycles. The van der Waals surface area contributed by atoms with Crippen molar-refractivity contribution in [3.63, 3.8) is 0 Å². The summed E-state index contributed by atoms with van der Waals surface area (Å²) in [6.45, 7) is -2.61. The average molecular weight is 311 g/mol. The van der Waals surface area contributed by atoms with Crippen LogP contribution in [0.15, 0.2) is 60.7 Å². The van der Waals surface area contributed by atoms with Gasteiger partial charge in [0.25, 0.3) is 5.91 Å². The molecule has 0 aliphatic carbocycles. The van der Waals surface area contributed by atoms with Crippen LogP contribution in [0.25, 0.3) is 6.08 Å². The number of carbonyl (C=O) groups excluding carboxylic acids is 2. The first kappa shape index (κ1) is 12.5. The fourth-order valence-corrected chi connectivity index (χ4v) is 2.00. The summed E-state index contributed by atoms with van der Waals surface area (Å²) in [6.07, 6.45) is 1.63. The molecule has 0 spiro atoms. The fourth-order valence-electron chi connectivity index (χ4n) is 2.00. The van der Waals surface area contributed by atoms with Crippen molar-refractivity contribution in [3.8, 4) is 11.5 Å². The minimum absolute atomic E-state index is 0.466. The van der Waals surface area contributed by atoms with E-state index >= 15 is 0 Å². The first-order valence-corrected chi connectivity index (χ1v) is 6.98. The maximum Gasteiger partial charge on any atom is 0.416 e. The zero-order valence-corrected chi connectivity index (χ0v) is 12.1. The van der Waals surface area contributed by atoms with Gasteiger partial charge in [-0.1, -0.05) is 30.3 Å².